The summed E-state index contributed by atoms with van der Waals surface area (Å²) >= 11 is 0. The predicted octanol–water partition coefficient (Wildman–Crippen LogP) is 6.80. The molecule has 0 radical (unpaired) electrons. The van der Waals surface area contributed by atoms with Crippen LogP contribution in [0.5, 0.6) is 23.0 Å². The van der Waals surface area contributed by atoms with Gasteiger partial charge in [0, 0.05) is 29.8 Å². The van der Waals surface area contributed by atoms with Gasteiger partial charge in [-0.15, -0.1) is 0 Å². The molecule has 0 saturated carbocycles. The lowest BCUT2D eigenvalue weighted by Crippen LogP contribution is -2.35. The number of fused-ring (bicyclic) bond motifs is 1. The molecule has 0 bridgehead atoms. The van der Waals surface area contributed by atoms with Gasteiger partial charge in [-0.1, -0.05) is 31.5 Å². The van der Waals surface area contributed by atoms with Gasteiger partial charge in [-0.3, -0.25) is 4.90 Å². The molecule has 194 valence electrons. The zero-order valence-electron chi connectivity index (χ0n) is 21.6. The zero-order valence-corrected chi connectivity index (χ0v) is 21.6. The molecule has 1 unspecified atom stereocenters. The van der Waals surface area contributed by atoms with Gasteiger partial charge in [-0.2, -0.15) is 0 Å². The van der Waals surface area contributed by atoms with Gasteiger partial charge in [-0.25, -0.2) is 4.39 Å². The summed E-state index contributed by atoms with van der Waals surface area (Å²) in [6.45, 7) is 9.35. The summed E-state index contributed by atoms with van der Waals surface area (Å²) in [5.41, 5.74) is 4.16. The van der Waals surface area contributed by atoms with Gasteiger partial charge in [0.15, 0.2) is 11.6 Å². The summed E-state index contributed by atoms with van der Waals surface area (Å²) in [5.74, 6) is 1.19. The van der Waals surface area contributed by atoms with Crippen LogP contribution in [0, 0.1) is 11.7 Å². The molecule has 2 aliphatic heterocycles. The summed E-state index contributed by atoms with van der Waals surface area (Å²) in [6.07, 6.45) is 1.98. The minimum Gasteiger partial charge on any atom is -0.508 e. The lowest BCUT2D eigenvalue weighted by Gasteiger charge is -2.31. The molecular formula is C31H34FNO4. The number of nitrogens with zero attached hydrogens (tertiary/aromatic N) is 1. The van der Waals surface area contributed by atoms with Crippen molar-refractivity contribution in [1.82, 2.24) is 4.90 Å². The number of aromatic hydroxyl groups is 2. The van der Waals surface area contributed by atoms with E-state index in [0.29, 0.717) is 24.0 Å². The van der Waals surface area contributed by atoms with Crippen LogP contribution in [0.2, 0.25) is 0 Å². The number of phenolic OH excluding ortho intramolecular Hbond substituents is 2. The Kier molecular flexibility index (Phi) is 7.11. The van der Waals surface area contributed by atoms with Crippen LogP contribution in [0.3, 0.4) is 0 Å². The van der Waals surface area contributed by atoms with Crippen molar-refractivity contribution in [1.29, 1.82) is 0 Å². The van der Waals surface area contributed by atoms with Crippen LogP contribution in [-0.2, 0) is 0 Å². The van der Waals surface area contributed by atoms with Crippen LogP contribution in [0.15, 0.2) is 60.7 Å². The lowest BCUT2D eigenvalue weighted by molar-refractivity contribution is 0.168. The molecule has 0 aromatic heterocycles. The van der Waals surface area contributed by atoms with Crippen molar-refractivity contribution in [2.45, 2.75) is 45.8 Å². The molecule has 5 rings (SSSR count). The SMILES string of the molecule is CC[C@@H]1CCN([C@@H](C)COc2ccc(C3Oc4cc(O)ccc4C(C)=C3c3ccc(F)c(O)c3)cc2)C1. The van der Waals surface area contributed by atoms with Gasteiger partial charge in [0.05, 0.1) is 0 Å². The molecule has 2 aliphatic rings. The molecule has 2 heterocycles. The Bertz CT molecular complexity index is 1300. The third kappa shape index (κ3) is 5.16. The van der Waals surface area contributed by atoms with E-state index < -0.39 is 17.7 Å². The summed E-state index contributed by atoms with van der Waals surface area (Å²) in [5, 5.41) is 20.1. The summed E-state index contributed by atoms with van der Waals surface area (Å²) < 4.78 is 26.3. The zero-order chi connectivity index (χ0) is 26.1. The number of halogens is 1. The number of benzene rings is 3. The highest BCUT2D eigenvalue weighted by atomic mass is 19.1. The highest BCUT2D eigenvalue weighted by molar-refractivity contribution is 5.95. The summed E-state index contributed by atoms with van der Waals surface area (Å²) in [4.78, 5) is 2.50. The second-order valence-corrected chi connectivity index (χ2v) is 10.2. The van der Waals surface area contributed by atoms with Crippen LogP contribution in [0.1, 0.15) is 56.4 Å². The van der Waals surface area contributed by atoms with E-state index in [9.17, 15) is 14.6 Å². The fourth-order valence-electron chi connectivity index (χ4n) is 5.39. The predicted molar refractivity (Wildman–Crippen MR) is 143 cm³/mol. The largest absolute Gasteiger partial charge is 0.508 e. The van der Waals surface area contributed by atoms with E-state index in [4.69, 9.17) is 9.47 Å². The normalized spacial score (nSPS) is 20.4. The highest BCUT2D eigenvalue weighted by Gasteiger charge is 2.30. The quantitative estimate of drug-likeness (QED) is 0.371. The number of ether oxygens (including phenoxy) is 2. The molecule has 5 nitrogen and oxygen atoms in total. The first-order chi connectivity index (χ1) is 17.8. The van der Waals surface area contributed by atoms with Crippen LogP contribution < -0.4 is 9.47 Å². The van der Waals surface area contributed by atoms with Crippen LogP contribution in [0.25, 0.3) is 11.1 Å². The minimum absolute atomic E-state index is 0.120. The second-order valence-electron chi connectivity index (χ2n) is 10.2. The Hall–Kier alpha value is -3.51. The molecule has 0 spiro atoms. The summed E-state index contributed by atoms with van der Waals surface area (Å²) in [6, 6.07) is 17.5. The average Bonchev–Trinajstić information content (AvgIpc) is 3.39. The molecule has 1 saturated heterocycles. The highest BCUT2D eigenvalue weighted by Crippen LogP contribution is 2.48. The van der Waals surface area contributed by atoms with Gasteiger partial charge in [0.2, 0.25) is 0 Å². The van der Waals surface area contributed by atoms with Crippen LogP contribution in [-0.4, -0.2) is 40.9 Å². The van der Waals surface area contributed by atoms with Gasteiger partial charge in [0.25, 0.3) is 0 Å². The maximum atomic E-state index is 13.8. The number of allylic oxidation sites excluding steroid dienone is 1. The lowest BCUT2D eigenvalue weighted by atomic mass is 9.86. The van der Waals surface area contributed by atoms with Crippen molar-refractivity contribution in [3.63, 3.8) is 0 Å². The molecule has 3 aromatic rings. The van der Waals surface area contributed by atoms with E-state index in [1.807, 2.05) is 31.2 Å². The maximum absolute atomic E-state index is 13.8. The first kappa shape index (κ1) is 25.2. The Morgan fingerprint density at radius 1 is 1.08 bits per heavy atom. The van der Waals surface area contributed by atoms with Crippen LogP contribution >= 0.6 is 0 Å². The molecule has 0 aliphatic carbocycles. The van der Waals surface area contributed by atoms with Crippen molar-refractivity contribution in [2.24, 2.45) is 5.92 Å². The van der Waals surface area contributed by atoms with Crippen molar-refractivity contribution in [2.75, 3.05) is 19.7 Å². The fraction of sp³-hybridized carbons (Fsp3) is 0.355. The van der Waals surface area contributed by atoms with Gasteiger partial charge < -0.3 is 19.7 Å². The second kappa shape index (κ2) is 10.5. The van der Waals surface area contributed by atoms with E-state index in [-0.39, 0.29) is 5.75 Å². The third-order valence-corrected chi connectivity index (χ3v) is 7.73. The monoisotopic (exact) mass is 503 g/mol. The Balaban J connectivity index is 1.39. The van der Waals surface area contributed by atoms with Gasteiger partial charge >= 0.3 is 0 Å². The van der Waals surface area contributed by atoms with Gasteiger partial charge in [-0.05, 0) is 85.8 Å². The van der Waals surface area contributed by atoms with Crippen molar-refractivity contribution >= 4 is 11.1 Å². The van der Waals surface area contributed by atoms with Crippen LogP contribution in [0.4, 0.5) is 4.39 Å². The number of hydrogen-bond acceptors (Lipinski definition) is 5. The number of phenols is 2. The molecular weight excluding hydrogens is 469 g/mol. The molecule has 2 N–H and O–H groups in total. The van der Waals surface area contributed by atoms with Gasteiger partial charge in [0.1, 0.15) is 30.0 Å². The van der Waals surface area contributed by atoms with E-state index in [1.54, 1.807) is 24.3 Å². The number of likely N-dealkylation sites (tertiary alicyclic amines) is 1. The number of rotatable bonds is 7. The Morgan fingerprint density at radius 3 is 2.57 bits per heavy atom. The van der Waals surface area contributed by atoms with E-state index in [1.165, 1.54) is 25.0 Å². The van der Waals surface area contributed by atoms with E-state index in [0.717, 1.165) is 47.0 Å². The van der Waals surface area contributed by atoms with Crippen molar-refractivity contribution < 1.29 is 24.1 Å². The molecule has 6 heteroatoms. The number of hydrogen-bond donors (Lipinski definition) is 2. The molecule has 3 aromatic carbocycles. The standard InChI is InChI=1S/C31H34FNO4/c1-4-21-13-14-33(17-21)19(2)18-36-25-9-5-22(6-10-25)31-30(23-7-12-27(32)28(35)15-23)20(3)26-11-8-24(34)16-29(26)37-31/h5-12,15-16,19,21,31,34-35H,4,13-14,17-18H2,1-3H3/t19-,21+,31?/m0/s1. The first-order valence-electron chi connectivity index (χ1n) is 13.0. The smallest absolute Gasteiger partial charge is 0.164 e. The van der Waals surface area contributed by atoms with Crippen molar-refractivity contribution in [3.8, 4) is 23.0 Å². The maximum Gasteiger partial charge on any atom is 0.164 e. The molecule has 1 fully saturated rings. The Morgan fingerprint density at radius 2 is 1.86 bits per heavy atom. The fourth-order valence-corrected chi connectivity index (χ4v) is 5.39. The summed E-state index contributed by atoms with van der Waals surface area (Å²) in [7, 11) is 0. The Labute approximate surface area is 217 Å². The topological polar surface area (TPSA) is 62.2 Å². The third-order valence-electron chi connectivity index (χ3n) is 7.73. The molecule has 3 atom stereocenters. The first-order valence-corrected chi connectivity index (χ1v) is 13.0. The van der Waals surface area contributed by atoms with E-state index in [2.05, 4.69) is 18.7 Å². The van der Waals surface area contributed by atoms with E-state index >= 15 is 0 Å². The minimum atomic E-state index is -0.671. The average molecular weight is 504 g/mol. The van der Waals surface area contributed by atoms with Crippen molar-refractivity contribution in [3.05, 3.63) is 83.2 Å². The molecule has 0 amide bonds. The molecule has 37 heavy (non-hydrogen) atoms.